The van der Waals surface area contributed by atoms with Crippen LogP contribution in [0.25, 0.3) is 0 Å². The van der Waals surface area contributed by atoms with Gasteiger partial charge in [0.15, 0.2) is 11.6 Å². The molecule has 0 unspecified atom stereocenters. The third kappa shape index (κ3) is 5.42. The molecule has 0 saturated heterocycles. The first-order chi connectivity index (χ1) is 15.5. The highest BCUT2D eigenvalue weighted by atomic mass is 19.2. The first-order valence-corrected chi connectivity index (χ1v) is 11.3. The van der Waals surface area contributed by atoms with E-state index in [4.69, 9.17) is 4.74 Å². The summed E-state index contributed by atoms with van der Waals surface area (Å²) in [6, 6.07) is 22.6. The van der Waals surface area contributed by atoms with E-state index in [0.717, 1.165) is 44.2 Å². The second kappa shape index (κ2) is 10.1. The van der Waals surface area contributed by atoms with Crippen molar-refractivity contribution >= 4 is 5.97 Å². The molecule has 1 atom stereocenters. The van der Waals surface area contributed by atoms with Crippen LogP contribution in [-0.4, -0.2) is 5.97 Å². The Morgan fingerprint density at radius 1 is 0.906 bits per heavy atom. The molecule has 32 heavy (non-hydrogen) atoms. The van der Waals surface area contributed by atoms with Crippen LogP contribution in [0.2, 0.25) is 0 Å². The van der Waals surface area contributed by atoms with Gasteiger partial charge in [0, 0.05) is 6.07 Å². The van der Waals surface area contributed by atoms with E-state index >= 15 is 0 Å². The molecule has 0 amide bonds. The zero-order valence-corrected chi connectivity index (χ0v) is 18.3. The Kier molecular flexibility index (Phi) is 6.99. The maximum absolute atomic E-state index is 13.3. The highest BCUT2D eigenvalue weighted by molar-refractivity contribution is 5.75. The fourth-order valence-corrected chi connectivity index (χ4v) is 4.58. The molecular formula is C28H28F2O2. The molecule has 166 valence electrons. The van der Waals surface area contributed by atoms with Crippen molar-refractivity contribution in [3.8, 4) is 5.75 Å². The Morgan fingerprint density at radius 3 is 2.25 bits per heavy atom. The minimum Gasteiger partial charge on any atom is -0.426 e. The van der Waals surface area contributed by atoms with E-state index in [1.54, 1.807) is 0 Å². The minimum atomic E-state index is -1.01. The summed E-state index contributed by atoms with van der Waals surface area (Å²) < 4.78 is 31.6. The summed E-state index contributed by atoms with van der Waals surface area (Å²) in [5.74, 6) is -1.58. The summed E-state index contributed by atoms with van der Waals surface area (Å²) in [5.41, 5.74) is 3.99. The summed E-state index contributed by atoms with van der Waals surface area (Å²) >= 11 is 0. The molecule has 0 aliphatic heterocycles. The van der Waals surface area contributed by atoms with E-state index in [2.05, 4.69) is 55.5 Å². The van der Waals surface area contributed by atoms with Crippen molar-refractivity contribution in [3.63, 3.8) is 0 Å². The lowest BCUT2D eigenvalue weighted by molar-refractivity contribution is -0.140. The lowest BCUT2D eigenvalue weighted by Crippen LogP contribution is -2.25. The maximum Gasteiger partial charge on any atom is 0.314 e. The van der Waals surface area contributed by atoms with Crippen molar-refractivity contribution in [2.24, 2.45) is 5.92 Å². The second-order valence-corrected chi connectivity index (χ2v) is 8.80. The van der Waals surface area contributed by atoms with Gasteiger partial charge in [0.25, 0.3) is 0 Å². The standard InChI is InChI=1S/C28H28F2O2/c1-19(21-5-3-2-4-6-21)17-20-7-9-22(10-8-20)23-11-13-24(14-12-23)28(31)32-25-15-16-26(29)27(30)18-25/h2-10,15-16,18-19,23-24H,11-14,17H2,1H3/t19-,23?,24?/m1/s1. The summed E-state index contributed by atoms with van der Waals surface area (Å²) in [4.78, 5) is 12.4. The third-order valence-electron chi connectivity index (χ3n) is 6.53. The molecule has 1 aliphatic carbocycles. The van der Waals surface area contributed by atoms with Crippen LogP contribution in [0.4, 0.5) is 8.78 Å². The normalized spacial score (nSPS) is 19.3. The first-order valence-electron chi connectivity index (χ1n) is 11.3. The minimum absolute atomic E-state index is 0.0522. The number of hydrogen-bond acceptors (Lipinski definition) is 2. The van der Waals surface area contributed by atoms with Crippen LogP contribution >= 0.6 is 0 Å². The Morgan fingerprint density at radius 2 is 1.59 bits per heavy atom. The van der Waals surface area contributed by atoms with E-state index in [0.29, 0.717) is 11.8 Å². The van der Waals surface area contributed by atoms with Gasteiger partial charge in [-0.1, -0.05) is 61.5 Å². The molecule has 3 aromatic carbocycles. The van der Waals surface area contributed by atoms with Gasteiger partial charge in [0.05, 0.1) is 5.92 Å². The van der Waals surface area contributed by atoms with Gasteiger partial charge in [0.1, 0.15) is 5.75 Å². The zero-order chi connectivity index (χ0) is 22.5. The molecule has 4 rings (SSSR count). The van der Waals surface area contributed by atoms with Crippen LogP contribution < -0.4 is 4.74 Å². The van der Waals surface area contributed by atoms with Crippen molar-refractivity contribution < 1.29 is 18.3 Å². The summed E-state index contributed by atoms with van der Waals surface area (Å²) in [5, 5.41) is 0. The SMILES string of the molecule is C[C@H](Cc1ccc(C2CCC(C(=O)Oc3ccc(F)c(F)c3)CC2)cc1)c1ccccc1. The topological polar surface area (TPSA) is 26.3 Å². The molecular weight excluding hydrogens is 406 g/mol. The van der Waals surface area contributed by atoms with E-state index in [1.807, 2.05) is 6.07 Å². The molecule has 1 fully saturated rings. The Balaban J connectivity index is 1.29. The highest BCUT2D eigenvalue weighted by Crippen LogP contribution is 2.37. The molecule has 0 aromatic heterocycles. The molecule has 0 spiro atoms. The highest BCUT2D eigenvalue weighted by Gasteiger charge is 2.28. The predicted octanol–water partition coefficient (Wildman–Crippen LogP) is 7.19. The maximum atomic E-state index is 13.3. The molecule has 1 saturated carbocycles. The quantitative estimate of drug-likeness (QED) is 0.303. The number of halogens is 2. The molecule has 0 N–H and O–H groups in total. The summed E-state index contributed by atoms with van der Waals surface area (Å²) in [6.07, 6.45) is 4.31. The fraction of sp³-hybridized carbons (Fsp3) is 0.321. The lowest BCUT2D eigenvalue weighted by Gasteiger charge is -2.27. The van der Waals surface area contributed by atoms with Gasteiger partial charge in [-0.3, -0.25) is 4.79 Å². The number of carbonyl (C=O) groups is 1. The molecule has 4 heteroatoms. The second-order valence-electron chi connectivity index (χ2n) is 8.80. The van der Waals surface area contributed by atoms with Crippen molar-refractivity contribution in [1.82, 2.24) is 0 Å². The number of benzene rings is 3. The van der Waals surface area contributed by atoms with Gasteiger partial charge in [-0.05, 0) is 72.8 Å². The number of carbonyl (C=O) groups excluding carboxylic acids is 1. The fourth-order valence-electron chi connectivity index (χ4n) is 4.58. The van der Waals surface area contributed by atoms with Gasteiger partial charge < -0.3 is 4.74 Å². The van der Waals surface area contributed by atoms with Crippen LogP contribution in [-0.2, 0) is 11.2 Å². The van der Waals surface area contributed by atoms with Crippen LogP contribution in [0.3, 0.4) is 0 Å². The largest absolute Gasteiger partial charge is 0.426 e. The van der Waals surface area contributed by atoms with E-state index < -0.39 is 11.6 Å². The van der Waals surface area contributed by atoms with Gasteiger partial charge in [-0.15, -0.1) is 0 Å². The molecule has 2 nitrogen and oxygen atoms in total. The molecule has 3 aromatic rings. The van der Waals surface area contributed by atoms with Gasteiger partial charge >= 0.3 is 5.97 Å². The van der Waals surface area contributed by atoms with Crippen molar-refractivity contribution in [2.75, 3.05) is 0 Å². The van der Waals surface area contributed by atoms with Gasteiger partial charge in [-0.2, -0.15) is 0 Å². The smallest absolute Gasteiger partial charge is 0.314 e. The first kappa shape index (κ1) is 22.2. The monoisotopic (exact) mass is 434 g/mol. The lowest BCUT2D eigenvalue weighted by atomic mass is 9.78. The van der Waals surface area contributed by atoms with Gasteiger partial charge in [-0.25, -0.2) is 8.78 Å². The van der Waals surface area contributed by atoms with Gasteiger partial charge in [0.2, 0.25) is 0 Å². The van der Waals surface area contributed by atoms with Crippen molar-refractivity contribution in [1.29, 1.82) is 0 Å². The van der Waals surface area contributed by atoms with Crippen molar-refractivity contribution in [2.45, 2.75) is 50.9 Å². The van der Waals surface area contributed by atoms with Crippen LogP contribution in [0.1, 0.15) is 61.1 Å². The van der Waals surface area contributed by atoms with Crippen LogP contribution in [0.15, 0.2) is 72.8 Å². The summed E-state index contributed by atoms with van der Waals surface area (Å²) in [7, 11) is 0. The van der Waals surface area contributed by atoms with E-state index in [9.17, 15) is 13.6 Å². The van der Waals surface area contributed by atoms with Crippen LogP contribution in [0.5, 0.6) is 5.75 Å². The predicted molar refractivity (Wildman–Crippen MR) is 122 cm³/mol. The Bertz CT molecular complexity index is 1040. The molecule has 1 aliphatic rings. The van der Waals surface area contributed by atoms with Crippen LogP contribution in [0, 0.1) is 17.6 Å². The average molecular weight is 435 g/mol. The Hall–Kier alpha value is -3.01. The molecule has 0 bridgehead atoms. The number of esters is 1. The van der Waals surface area contributed by atoms with E-state index in [1.165, 1.54) is 22.8 Å². The zero-order valence-electron chi connectivity index (χ0n) is 18.3. The number of hydrogen-bond donors (Lipinski definition) is 0. The number of rotatable bonds is 6. The molecule has 0 radical (unpaired) electrons. The number of ether oxygens (including phenoxy) is 1. The molecule has 0 heterocycles. The van der Waals surface area contributed by atoms with Crippen molar-refractivity contribution in [3.05, 3.63) is 101 Å². The summed E-state index contributed by atoms with van der Waals surface area (Å²) in [6.45, 7) is 2.25. The average Bonchev–Trinajstić information content (AvgIpc) is 2.82. The van der Waals surface area contributed by atoms with E-state index in [-0.39, 0.29) is 17.6 Å². The Labute approximate surface area is 188 Å². The third-order valence-corrected chi connectivity index (χ3v) is 6.53.